The van der Waals surface area contributed by atoms with E-state index in [2.05, 4.69) is 0 Å². The standard InChI is InChI=1S/C20H21F2NO3/c1-12(14-5-7-17(21)18(22)10-14)23(3)20(25)11-16-9-15(13(2)24)6-8-19(16)26-4/h5-10,12H,11H2,1-4H3/t12-/m0/s1. The second-order valence-corrected chi connectivity index (χ2v) is 6.11. The molecule has 0 heterocycles. The summed E-state index contributed by atoms with van der Waals surface area (Å²) < 4.78 is 31.8. The zero-order chi connectivity index (χ0) is 19.4. The first kappa shape index (κ1) is 19.6. The molecular weight excluding hydrogens is 340 g/mol. The van der Waals surface area contributed by atoms with E-state index in [9.17, 15) is 18.4 Å². The van der Waals surface area contributed by atoms with Crippen LogP contribution in [0.25, 0.3) is 0 Å². The quantitative estimate of drug-likeness (QED) is 0.732. The number of ether oxygens (including phenoxy) is 1. The van der Waals surface area contributed by atoms with Gasteiger partial charge in [0.15, 0.2) is 17.4 Å². The van der Waals surface area contributed by atoms with Crippen LogP contribution in [0.15, 0.2) is 36.4 Å². The van der Waals surface area contributed by atoms with Gasteiger partial charge in [-0.15, -0.1) is 0 Å². The average molecular weight is 361 g/mol. The number of likely N-dealkylation sites (N-methyl/N-ethyl adjacent to an activating group) is 1. The average Bonchev–Trinajstić information content (AvgIpc) is 2.62. The number of Topliss-reactive ketones (excluding diaryl/α,β-unsaturated/α-hetero) is 1. The van der Waals surface area contributed by atoms with E-state index in [1.54, 1.807) is 32.2 Å². The molecule has 0 unspecified atom stereocenters. The Kier molecular flexibility index (Phi) is 6.08. The minimum atomic E-state index is -0.953. The molecule has 0 N–H and O–H groups in total. The van der Waals surface area contributed by atoms with Crippen molar-refractivity contribution in [2.24, 2.45) is 0 Å². The maximum Gasteiger partial charge on any atom is 0.227 e. The van der Waals surface area contributed by atoms with Gasteiger partial charge < -0.3 is 9.64 Å². The van der Waals surface area contributed by atoms with Crippen LogP contribution in [-0.2, 0) is 11.2 Å². The minimum Gasteiger partial charge on any atom is -0.496 e. The Bertz CT molecular complexity index is 836. The van der Waals surface area contributed by atoms with Gasteiger partial charge in [-0.3, -0.25) is 9.59 Å². The van der Waals surface area contributed by atoms with Gasteiger partial charge in [0.1, 0.15) is 5.75 Å². The summed E-state index contributed by atoms with van der Waals surface area (Å²) in [5.41, 5.74) is 1.57. The van der Waals surface area contributed by atoms with E-state index in [1.165, 1.54) is 25.0 Å². The zero-order valence-corrected chi connectivity index (χ0v) is 15.2. The van der Waals surface area contributed by atoms with Crippen LogP contribution in [0.3, 0.4) is 0 Å². The number of ketones is 1. The first-order valence-corrected chi connectivity index (χ1v) is 8.13. The molecule has 0 aromatic heterocycles. The van der Waals surface area contributed by atoms with Crippen LogP contribution in [0.1, 0.15) is 41.4 Å². The van der Waals surface area contributed by atoms with Crippen LogP contribution in [0.4, 0.5) is 8.78 Å². The topological polar surface area (TPSA) is 46.6 Å². The molecule has 6 heteroatoms. The van der Waals surface area contributed by atoms with Gasteiger partial charge in [-0.1, -0.05) is 6.07 Å². The molecule has 2 aromatic rings. The Hall–Kier alpha value is -2.76. The molecule has 0 spiro atoms. The lowest BCUT2D eigenvalue weighted by Crippen LogP contribution is -2.31. The highest BCUT2D eigenvalue weighted by Crippen LogP contribution is 2.25. The van der Waals surface area contributed by atoms with Crippen LogP contribution < -0.4 is 4.74 Å². The fraction of sp³-hybridized carbons (Fsp3) is 0.300. The molecule has 0 saturated heterocycles. The summed E-state index contributed by atoms with van der Waals surface area (Å²) in [7, 11) is 3.08. The molecule has 1 amide bonds. The van der Waals surface area contributed by atoms with Crippen LogP contribution in [0.2, 0.25) is 0 Å². The van der Waals surface area contributed by atoms with E-state index < -0.39 is 17.7 Å². The number of halogens is 2. The number of hydrogen-bond acceptors (Lipinski definition) is 3. The highest BCUT2D eigenvalue weighted by atomic mass is 19.2. The van der Waals surface area contributed by atoms with Crippen molar-refractivity contribution in [1.29, 1.82) is 0 Å². The first-order valence-electron chi connectivity index (χ1n) is 8.13. The Morgan fingerprint density at radius 2 is 1.81 bits per heavy atom. The highest BCUT2D eigenvalue weighted by molar-refractivity contribution is 5.94. The molecule has 26 heavy (non-hydrogen) atoms. The van der Waals surface area contributed by atoms with Crippen molar-refractivity contribution in [2.45, 2.75) is 26.3 Å². The molecular formula is C20H21F2NO3. The van der Waals surface area contributed by atoms with Gasteiger partial charge in [-0.05, 0) is 49.7 Å². The summed E-state index contributed by atoms with van der Waals surface area (Å²) >= 11 is 0. The molecule has 0 bridgehead atoms. The molecule has 0 aliphatic heterocycles. The van der Waals surface area contributed by atoms with Gasteiger partial charge in [-0.25, -0.2) is 8.78 Å². The number of amides is 1. The predicted octanol–water partition coefficient (Wildman–Crippen LogP) is 3.94. The van der Waals surface area contributed by atoms with E-state index in [1.807, 2.05) is 0 Å². The Labute approximate surface area is 151 Å². The van der Waals surface area contributed by atoms with Gasteiger partial charge in [0.25, 0.3) is 0 Å². The number of rotatable bonds is 6. The lowest BCUT2D eigenvalue weighted by Gasteiger charge is -2.26. The molecule has 2 rings (SSSR count). The Morgan fingerprint density at radius 3 is 2.38 bits per heavy atom. The van der Waals surface area contributed by atoms with Gasteiger partial charge in [0.2, 0.25) is 5.91 Å². The Morgan fingerprint density at radius 1 is 1.12 bits per heavy atom. The van der Waals surface area contributed by atoms with Crippen molar-refractivity contribution in [3.63, 3.8) is 0 Å². The van der Waals surface area contributed by atoms with E-state index >= 15 is 0 Å². The largest absolute Gasteiger partial charge is 0.496 e. The second-order valence-electron chi connectivity index (χ2n) is 6.11. The lowest BCUT2D eigenvalue weighted by molar-refractivity contribution is -0.131. The Balaban J connectivity index is 2.21. The van der Waals surface area contributed by atoms with Crippen LogP contribution >= 0.6 is 0 Å². The summed E-state index contributed by atoms with van der Waals surface area (Å²) in [6.07, 6.45) is 0.0226. The highest BCUT2D eigenvalue weighted by Gasteiger charge is 2.20. The molecule has 0 aliphatic carbocycles. The van der Waals surface area contributed by atoms with E-state index in [0.717, 1.165) is 12.1 Å². The van der Waals surface area contributed by atoms with Crippen molar-refractivity contribution in [1.82, 2.24) is 4.90 Å². The molecule has 2 aromatic carbocycles. The summed E-state index contributed by atoms with van der Waals surface area (Å²) in [5.74, 6) is -1.71. The van der Waals surface area contributed by atoms with Crippen molar-refractivity contribution < 1.29 is 23.1 Å². The number of benzene rings is 2. The predicted molar refractivity (Wildman–Crippen MR) is 94.2 cm³/mol. The third-order valence-corrected chi connectivity index (χ3v) is 4.43. The maximum absolute atomic E-state index is 13.4. The second kappa shape index (κ2) is 8.08. The summed E-state index contributed by atoms with van der Waals surface area (Å²) in [6, 6.07) is 8.05. The number of carbonyl (C=O) groups excluding carboxylic acids is 2. The molecule has 138 valence electrons. The number of nitrogens with zero attached hydrogens (tertiary/aromatic N) is 1. The monoisotopic (exact) mass is 361 g/mol. The van der Waals surface area contributed by atoms with Crippen molar-refractivity contribution >= 4 is 11.7 Å². The van der Waals surface area contributed by atoms with E-state index in [-0.39, 0.29) is 18.1 Å². The first-order chi connectivity index (χ1) is 12.2. The number of methoxy groups -OCH3 is 1. The molecule has 0 fully saturated rings. The minimum absolute atomic E-state index is 0.0226. The zero-order valence-electron chi connectivity index (χ0n) is 15.2. The van der Waals surface area contributed by atoms with Gasteiger partial charge >= 0.3 is 0 Å². The van der Waals surface area contributed by atoms with Crippen LogP contribution in [-0.4, -0.2) is 30.7 Å². The molecule has 1 atom stereocenters. The van der Waals surface area contributed by atoms with Gasteiger partial charge in [0.05, 0.1) is 19.6 Å². The summed E-state index contributed by atoms with van der Waals surface area (Å²) in [6.45, 7) is 3.18. The van der Waals surface area contributed by atoms with Gasteiger partial charge in [0, 0.05) is 18.2 Å². The SMILES string of the molecule is COc1ccc(C(C)=O)cc1CC(=O)N(C)[C@@H](C)c1ccc(F)c(F)c1. The number of hydrogen-bond donors (Lipinski definition) is 0. The molecule has 0 aliphatic rings. The smallest absolute Gasteiger partial charge is 0.227 e. The fourth-order valence-electron chi connectivity index (χ4n) is 2.64. The summed E-state index contributed by atoms with van der Waals surface area (Å²) in [4.78, 5) is 25.7. The van der Waals surface area contributed by atoms with E-state index in [4.69, 9.17) is 4.74 Å². The lowest BCUT2D eigenvalue weighted by atomic mass is 10.0. The maximum atomic E-state index is 13.4. The third kappa shape index (κ3) is 4.25. The molecule has 0 radical (unpaired) electrons. The van der Waals surface area contributed by atoms with Crippen LogP contribution in [0, 0.1) is 11.6 Å². The van der Waals surface area contributed by atoms with Crippen molar-refractivity contribution in [3.8, 4) is 5.75 Å². The third-order valence-electron chi connectivity index (χ3n) is 4.43. The summed E-state index contributed by atoms with van der Waals surface area (Å²) in [5, 5.41) is 0. The van der Waals surface area contributed by atoms with E-state index in [0.29, 0.717) is 22.4 Å². The normalized spacial score (nSPS) is 11.8. The van der Waals surface area contributed by atoms with Crippen LogP contribution in [0.5, 0.6) is 5.75 Å². The molecule has 4 nitrogen and oxygen atoms in total. The molecule has 0 saturated carbocycles. The van der Waals surface area contributed by atoms with Gasteiger partial charge in [-0.2, -0.15) is 0 Å². The fourth-order valence-corrected chi connectivity index (χ4v) is 2.64. The van der Waals surface area contributed by atoms with Crippen molar-refractivity contribution in [3.05, 3.63) is 64.7 Å². The number of carbonyl (C=O) groups is 2. The van der Waals surface area contributed by atoms with Crippen molar-refractivity contribution in [2.75, 3.05) is 14.2 Å².